The van der Waals surface area contributed by atoms with E-state index in [0.717, 1.165) is 22.4 Å². The molecule has 1 aliphatic rings. The summed E-state index contributed by atoms with van der Waals surface area (Å²) in [5.74, 6) is 0.809. The fraction of sp³-hybridized carbons (Fsp3) is 0.217. The summed E-state index contributed by atoms with van der Waals surface area (Å²) >= 11 is 6.63. The van der Waals surface area contributed by atoms with E-state index < -0.39 is 5.92 Å². The maximum absolute atomic E-state index is 9.77. The highest BCUT2D eigenvalue weighted by Crippen LogP contribution is 2.46. The van der Waals surface area contributed by atoms with Crippen LogP contribution >= 0.6 is 11.6 Å². The molecule has 0 fully saturated rings. The Hall–Kier alpha value is -3.63. The quantitative estimate of drug-likeness (QED) is 0.586. The molecule has 0 bridgehead atoms. The lowest BCUT2D eigenvalue weighted by Crippen LogP contribution is -2.21. The summed E-state index contributed by atoms with van der Waals surface area (Å²) in [7, 11) is 0. The predicted molar refractivity (Wildman–Crippen MR) is 116 cm³/mol. The number of nitrogens with one attached hydrogen (secondary N) is 1. The van der Waals surface area contributed by atoms with Gasteiger partial charge in [-0.25, -0.2) is 0 Å². The summed E-state index contributed by atoms with van der Waals surface area (Å²) in [4.78, 5) is 0. The minimum Gasteiger partial charge on any atom is -0.490 e. The summed E-state index contributed by atoms with van der Waals surface area (Å²) in [6.07, 6.45) is 0. The van der Waals surface area contributed by atoms with E-state index in [1.807, 2.05) is 50.2 Å². The van der Waals surface area contributed by atoms with E-state index in [0.29, 0.717) is 35.6 Å². The van der Waals surface area contributed by atoms with Crippen molar-refractivity contribution in [2.24, 2.45) is 5.73 Å². The molecule has 0 amide bonds. The summed E-state index contributed by atoms with van der Waals surface area (Å²) in [5, 5.41) is 17.2. The van der Waals surface area contributed by atoms with Crippen LogP contribution in [0.2, 0.25) is 5.02 Å². The summed E-state index contributed by atoms with van der Waals surface area (Å²) in [5.41, 5.74) is 9.55. The first-order chi connectivity index (χ1) is 15.0. The number of hydrogen-bond donors (Lipinski definition) is 2. The van der Waals surface area contributed by atoms with Crippen LogP contribution in [-0.4, -0.2) is 16.8 Å². The molecule has 2 aromatic carbocycles. The molecule has 0 saturated carbocycles. The number of nitrogens with zero attached hydrogens (tertiary/aromatic N) is 2. The third kappa shape index (κ3) is 3.90. The molecule has 2 heterocycles. The Morgan fingerprint density at radius 3 is 2.74 bits per heavy atom. The van der Waals surface area contributed by atoms with Crippen LogP contribution in [0.3, 0.4) is 0 Å². The van der Waals surface area contributed by atoms with Gasteiger partial charge in [0.1, 0.15) is 18.2 Å². The SMILES string of the molecule is CCOc1cc(C2C(C#N)=C(N)Oc3n[nH]c(C)c32)cc(Cl)c1OCc1ccccc1. The van der Waals surface area contributed by atoms with Gasteiger partial charge >= 0.3 is 0 Å². The monoisotopic (exact) mass is 436 g/mol. The van der Waals surface area contributed by atoms with Gasteiger partial charge in [-0.2, -0.15) is 5.26 Å². The number of nitriles is 1. The first-order valence-corrected chi connectivity index (χ1v) is 10.2. The minimum atomic E-state index is -0.493. The number of nitrogens with two attached hydrogens (primary N) is 1. The Labute approximate surface area is 185 Å². The lowest BCUT2D eigenvalue weighted by molar-refractivity contribution is 0.269. The number of H-pyrrole nitrogens is 1. The van der Waals surface area contributed by atoms with Crippen molar-refractivity contribution in [1.29, 1.82) is 5.26 Å². The predicted octanol–water partition coefficient (Wildman–Crippen LogP) is 4.57. The molecule has 0 radical (unpaired) electrons. The third-order valence-electron chi connectivity index (χ3n) is 5.02. The van der Waals surface area contributed by atoms with Gasteiger partial charge in [0.2, 0.25) is 11.8 Å². The lowest BCUT2D eigenvalue weighted by Gasteiger charge is -2.25. The number of ether oxygens (including phenoxy) is 3. The van der Waals surface area contributed by atoms with Crippen molar-refractivity contribution in [2.75, 3.05) is 6.61 Å². The molecule has 3 N–H and O–H groups in total. The van der Waals surface area contributed by atoms with Gasteiger partial charge in [-0.15, -0.1) is 5.10 Å². The van der Waals surface area contributed by atoms with E-state index in [-0.39, 0.29) is 11.5 Å². The maximum Gasteiger partial charge on any atom is 0.244 e. The van der Waals surface area contributed by atoms with Crippen LogP contribution in [0.1, 0.15) is 35.2 Å². The van der Waals surface area contributed by atoms with Gasteiger partial charge < -0.3 is 19.9 Å². The van der Waals surface area contributed by atoms with E-state index in [4.69, 9.17) is 31.5 Å². The van der Waals surface area contributed by atoms with E-state index in [1.54, 1.807) is 6.07 Å². The molecule has 3 aromatic rings. The standard InChI is InChI=1S/C23H21ClN4O3/c1-3-29-18-10-15(9-17(24)21(18)30-12-14-7-5-4-6-8-14)20-16(11-25)22(26)31-23-19(20)13(2)27-28-23/h4-10,20H,3,12,26H2,1-2H3,(H,27,28). The molecule has 1 atom stereocenters. The molecular formula is C23H21ClN4O3. The van der Waals surface area contributed by atoms with Crippen molar-refractivity contribution in [3.05, 3.63) is 81.3 Å². The average molecular weight is 437 g/mol. The summed E-state index contributed by atoms with van der Waals surface area (Å²) in [6.45, 7) is 4.51. The highest BCUT2D eigenvalue weighted by Gasteiger charge is 2.35. The van der Waals surface area contributed by atoms with Crippen molar-refractivity contribution in [3.63, 3.8) is 0 Å². The van der Waals surface area contributed by atoms with E-state index in [2.05, 4.69) is 16.3 Å². The highest BCUT2D eigenvalue weighted by molar-refractivity contribution is 6.32. The first-order valence-electron chi connectivity index (χ1n) is 9.78. The second kappa shape index (κ2) is 8.62. The summed E-state index contributed by atoms with van der Waals surface area (Å²) in [6, 6.07) is 15.5. The Morgan fingerprint density at radius 2 is 2.03 bits per heavy atom. The number of rotatable bonds is 6. The molecule has 158 valence electrons. The van der Waals surface area contributed by atoms with E-state index in [9.17, 15) is 5.26 Å². The number of halogens is 1. The maximum atomic E-state index is 9.77. The molecule has 1 aromatic heterocycles. The number of aromatic amines is 1. The van der Waals surface area contributed by atoms with Gasteiger partial charge in [-0.1, -0.05) is 41.9 Å². The number of fused-ring (bicyclic) bond motifs is 1. The van der Waals surface area contributed by atoms with Crippen LogP contribution in [0.25, 0.3) is 0 Å². The van der Waals surface area contributed by atoms with Gasteiger partial charge in [-0.05, 0) is 37.1 Å². The Morgan fingerprint density at radius 1 is 1.26 bits per heavy atom. The second-order valence-electron chi connectivity index (χ2n) is 7.03. The van der Waals surface area contributed by atoms with Crippen LogP contribution in [0, 0.1) is 18.3 Å². The van der Waals surface area contributed by atoms with Crippen molar-refractivity contribution in [1.82, 2.24) is 10.2 Å². The van der Waals surface area contributed by atoms with Gasteiger partial charge in [0, 0.05) is 11.3 Å². The smallest absolute Gasteiger partial charge is 0.244 e. The molecule has 7 nitrogen and oxygen atoms in total. The summed E-state index contributed by atoms with van der Waals surface area (Å²) < 4.78 is 17.4. The van der Waals surface area contributed by atoms with Crippen LogP contribution in [0.4, 0.5) is 0 Å². The molecule has 1 aliphatic heterocycles. The van der Waals surface area contributed by atoms with Crippen molar-refractivity contribution >= 4 is 11.6 Å². The third-order valence-corrected chi connectivity index (χ3v) is 5.30. The van der Waals surface area contributed by atoms with Gasteiger partial charge in [0.15, 0.2) is 11.5 Å². The van der Waals surface area contributed by atoms with Crippen LogP contribution in [0.5, 0.6) is 17.4 Å². The lowest BCUT2D eigenvalue weighted by atomic mass is 9.84. The molecule has 0 aliphatic carbocycles. The normalized spacial score (nSPS) is 15.1. The van der Waals surface area contributed by atoms with Crippen molar-refractivity contribution in [2.45, 2.75) is 26.4 Å². The van der Waals surface area contributed by atoms with E-state index >= 15 is 0 Å². The topological polar surface area (TPSA) is 106 Å². The Bertz CT molecular complexity index is 1180. The highest BCUT2D eigenvalue weighted by atomic mass is 35.5. The molecular weight excluding hydrogens is 416 g/mol. The van der Waals surface area contributed by atoms with Gasteiger partial charge in [-0.3, -0.25) is 5.10 Å². The van der Waals surface area contributed by atoms with Crippen LogP contribution in [-0.2, 0) is 6.61 Å². The fourth-order valence-corrected chi connectivity index (χ4v) is 3.89. The van der Waals surface area contributed by atoms with Crippen LogP contribution in [0.15, 0.2) is 53.9 Å². The number of aromatic nitrogens is 2. The van der Waals surface area contributed by atoms with Gasteiger partial charge in [0.05, 0.1) is 17.5 Å². The zero-order chi connectivity index (χ0) is 22.0. The zero-order valence-electron chi connectivity index (χ0n) is 17.1. The number of aryl methyl sites for hydroxylation is 1. The Balaban J connectivity index is 1.77. The largest absolute Gasteiger partial charge is 0.490 e. The number of hydrogen-bond acceptors (Lipinski definition) is 6. The first kappa shape index (κ1) is 20.6. The number of benzene rings is 2. The Kier molecular flexibility index (Phi) is 5.74. The second-order valence-corrected chi connectivity index (χ2v) is 7.44. The van der Waals surface area contributed by atoms with Crippen molar-refractivity contribution < 1.29 is 14.2 Å². The van der Waals surface area contributed by atoms with Gasteiger partial charge in [0.25, 0.3) is 0 Å². The molecule has 31 heavy (non-hydrogen) atoms. The molecule has 4 rings (SSSR count). The molecule has 1 unspecified atom stereocenters. The van der Waals surface area contributed by atoms with E-state index in [1.165, 1.54) is 0 Å². The average Bonchev–Trinajstić information content (AvgIpc) is 3.13. The van der Waals surface area contributed by atoms with Crippen molar-refractivity contribution in [3.8, 4) is 23.4 Å². The molecule has 0 saturated heterocycles. The minimum absolute atomic E-state index is 0.0185. The zero-order valence-corrected chi connectivity index (χ0v) is 17.9. The molecule has 8 heteroatoms. The fourth-order valence-electron chi connectivity index (χ4n) is 3.62. The van der Waals surface area contributed by atoms with Crippen LogP contribution < -0.4 is 19.9 Å². The number of allylic oxidation sites excluding steroid dienone is 1. The molecule has 0 spiro atoms.